The van der Waals surface area contributed by atoms with E-state index in [1.807, 2.05) is 0 Å². The third-order valence-electron chi connectivity index (χ3n) is 2.86. The summed E-state index contributed by atoms with van der Waals surface area (Å²) in [6, 6.07) is 2.55. The van der Waals surface area contributed by atoms with Gasteiger partial charge in [-0.2, -0.15) is 0 Å². The molecule has 0 bridgehead atoms. The number of halogens is 1. The average molecular weight is 299 g/mol. The van der Waals surface area contributed by atoms with Gasteiger partial charge in [0.25, 0.3) is 5.91 Å². The largest absolute Gasteiger partial charge is 0.494 e. The Hall–Kier alpha value is -2.15. The number of carbonyl (C=O) groups is 2. The summed E-state index contributed by atoms with van der Waals surface area (Å²) in [7, 11) is 2.80. The first-order chi connectivity index (χ1) is 9.99. The Kier molecular flexibility index (Phi) is 6.61. The molecule has 1 atom stereocenters. The molecule has 0 saturated carbocycles. The number of hydrogen-bond donors (Lipinski definition) is 2. The van der Waals surface area contributed by atoms with Crippen molar-refractivity contribution in [3.63, 3.8) is 0 Å². The van der Waals surface area contributed by atoms with Crippen LogP contribution in [0, 0.1) is 5.82 Å². The second-order valence-corrected chi connectivity index (χ2v) is 4.35. The summed E-state index contributed by atoms with van der Waals surface area (Å²) in [6.07, 6.45) is 0.744. The number of carboxylic acid groups (broad SMARTS) is 1. The van der Waals surface area contributed by atoms with Crippen molar-refractivity contribution in [2.45, 2.75) is 18.9 Å². The number of ether oxygens (including phenoxy) is 2. The molecule has 1 aromatic rings. The Balaban J connectivity index is 2.75. The van der Waals surface area contributed by atoms with Crippen LogP contribution in [0.1, 0.15) is 23.2 Å². The lowest BCUT2D eigenvalue weighted by molar-refractivity contribution is -0.139. The number of rotatable bonds is 8. The minimum absolute atomic E-state index is 0.0751. The predicted octanol–water partition coefficient (Wildman–Crippen LogP) is 1.44. The number of benzene rings is 1. The van der Waals surface area contributed by atoms with E-state index in [1.54, 1.807) is 0 Å². The summed E-state index contributed by atoms with van der Waals surface area (Å²) < 4.78 is 22.9. The van der Waals surface area contributed by atoms with E-state index in [0.29, 0.717) is 13.0 Å². The molecule has 116 valence electrons. The summed E-state index contributed by atoms with van der Waals surface area (Å²) in [5, 5.41) is 11.5. The van der Waals surface area contributed by atoms with Crippen LogP contribution in [0.2, 0.25) is 0 Å². The highest BCUT2D eigenvalue weighted by atomic mass is 19.1. The van der Waals surface area contributed by atoms with Gasteiger partial charge in [-0.25, -0.2) is 9.18 Å². The lowest BCUT2D eigenvalue weighted by atomic mass is 10.1. The molecule has 0 spiro atoms. The molecular weight excluding hydrogens is 281 g/mol. The van der Waals surface area contributed by atoms with Gasteiger partial charge in [-0.1, -0.05) is 0 Å². The molecule has 0 fully saturated rings. The van der Waals surface area contributed by atoms with Crippen LogP contribution in [0.15, 0.2) is 18.2 Å². The van der Waals surface area contributed by atoms with E-state index < -0.39 is 23.7 Å². The number of aliphatic carboxylic acids is 1. The average Bonchev–Trinajstić information content (AvgIpc) is 2.46. The fourth-order valence-corrected chi connectivity index (χ4v) is 1.73. The first-order valence-corrected chi connectivity index (χ1v) is 6.35. The molecule has 0 saturated heterocycles. The van der Waals surface area contributed by atoms with Crippen molar-refractivity contribution in [1.82, 2.24) is 5.32 Å². The zero-order chi connectivity index (χ0) is 15.8. The van der Waals surface area contributed by atoms with Crippen molar-refractivity contribution in [3.05, 3.63) is 29.6 Å². The third kappa shape index (κ3) is 5.03. The van der Waals surface area contributed by atoms with Crippen LogP contribution in [-0.4, -0.2) is 43.9 Å². The van der Waals surface area contributed by atoms with Gasteiger partial charge in [0.1, 0.15) is 6.04 Å². The van der Waals surface area contributed by atoms with Gasteiger partial charge in [0, 0.05) is 19.3 Å². The van der Waals surface area contributed by atoms with Crippen LogP contribution in [0.5, 0.6) is 5.75 Å². The highest BCUT2D eigenvalue weighted by Crippen LogP contribution is 2.18. The Morgan fingerprint density at radius 2 is 2.10 bits per heavy atom. The zero-order valence-corrected chi connectivity index (χ0v) is 11.9. The minimum atomic E-state index is -1.13. The molecule has 1 unspecified atom stereocenters. The molecule has 0 aliphatic rings. The fraction of sp³-hybridized carbons (Fsp3) is 0.429. The number of carbonyl (C=O) groups excluding carboxylic acids is 1. The molecule has 1 amide bonds. The molecule has 1 aromatic carbocycles. The third-order valence-corrected chi connectivity index (χ3v) is 2.86. The van der Waals surface area contributed by atoms with Gasteiger partial charge >= 0.3 is 5.97 Å². The monoisotopic (exact) mass is 299 g/mol. The van der Waals surface area contributed by atoms with E-state index in [2.05, 4.69) is 5.32 Å². The van der Waals surface area contributed by atoms with E-state index in [4.69, 9.17) is 14.6 Å². The van der Waals surface area contributed by atoms with Gasteiger partial charge in [0.15, 0.2) is 11.6 Å². The summed E-state index contributed by atoms with van der Waals surface area (Å²) in [4.78, 5) is 23.1. The van der Waals surface area contributed by atoms with E-state index in [-0.39, 0.29) is 17.7 Å². The number of methoxy groups -OCH3 is 2. The predicted molar refractivity (Wildman–Crippen MR) is 73.0 cm³/mol. The van der Waals surface area contributed by atoms with Crippen molar-refractivity contribution in [1.29, 1.82) is 0 Å². The second kappa shape index (κ2) is 8.21. The van der Waals surface area contributed by atoms with Crippen molar-refractivity contribution in [2.75, 3.05) is 20.8 Å². The quantitative estimate of drug-likeness (QED) is 0.710. The van der Waals surface area contributed by atoms with Crippen LogP contribution >= 0.6 is 0 Å². The lowest BCUT2D eigenvalue weighted by Crippen LogP contribution is -2.40. The number of carboxylic acids is 1. The molecule has 0 heterocycles. The zero-order valence-electron chi connectivity index (χ0n) is 11.9. The lowest BCUT2D eigenvalue weighted by Gasteiger charge is -2.14. The molecular formula is C14H18FNO5. The molecule has 0 aliphatic heterocycles. The van der Waals surface area contributed by atoms with Gasteiger partial charge in [-0.3, -0.25) is 4.79 Å². The summed E-state index contributed by atoms with van der Waals surface area (Å²) >= 11 is 0. The normalized spacial score (nSPS) is 11.8. The molecule has 0 aliphatic carbocycles. The van der Waals surface area contributed by atoms with E-state index in [1.165, 1.54) is 26.4 Å². The SMILES string of the molecule is COCCCC(NC(=O)c1ccc(F)c(OC)c1)C(=O)O. The van der Waals surface area contributed by atoms with Gasteiger partial charge in [-0.05, 0) is 31.0 Å². The first kappa shape index (κ1) is 16.9. The second-order valence-electron chi connectivity index (χ2n) is 4.35. The standard InChI is InChI=1S/C14H18FNO5/c1-20-7-3-4-11(14(18)19)16-13(17)9-5-6-10(15)12(8-9)21-2/h5-6,8,11H,3-4,7H2,1-2H3,(H,16,17)(H,18,19). The van der Waals surface area contributed by atoms with Crippen molar-refractivity contribution in [2.24, 2.45) is 0 Å². The van der Waals surface area contributed by atoms with Crippen molar-refractivity contribution < 1.29 is 28.6 Å². The molecule has 21 heavy (non-hydrogen) atoms. The van der Waals surface area contributed by atoms with Gasteiger partial charge in [0.05, 0.1) is 7.11 Å². The van der Waals surface area contributed by atoms with E-state index >= 15 is 0 Å². The highest BCUT2D eigenvalue weighted by molar-refractivity contribution is 5.96. The van der Waals surface area contributed by atoms with E-state index in [0.717, 1.165) is 6.07 Å². The number of hydrogen-bond acceptors (Lipinski definition) is 4. The number of nitrogens with one attached hydrogen (secondary N) is 1. The van der Waals surface area contributed by atoms with Crippen molar-refractivity contribution >= 4 is 11.9 Å². The smallest absolute Gasteiger partial charge is 0.326 e. The Labute approximate surface area is 121 Å². The Bertz CT molecular complexity index is 506. The highest BCUT2D eigenvalue weighted by Gasteiger charge is 2.20. The summed E-state index contributed by atoms with van der Waals surface area (Å²) in [5.41, 5.74) is 0.131. The molecule has 1 rings (SSSR count). The van der Waals surface area contributed by atoms with Crippen molar-refractivity contribution in [3.8, 4) is 5.75 Å². The van der Waals surface area contributed by atoms with E-state index in [9.17, 15) is 14.0 Å². The van der Waals surface area contributed by atoms with Crippen LogP contribution in [0.25, 0.3) is 0 Å². The maximum Gasteiger partial charge on any atom is 0.326 e. The molecule has 7 heteroatoms. The topological polar surface area (TPSA) is 84.9 Å². The maximum atomic E-state index is 13.3. The first-order valence-electron chi connectivity index (χ1n) is 6.35. The van der Waals surface area contributed by atoms with Crippen LogP contribution in [0.3, 0.4) is 0 Å². The Morgan fingerprint density at radius 3 is 2.67 bits per heavy atom. The maximum absolute atomic E-state index is 13.3. The molecule has 2 N–H and O–H groups in total. The van der Waals surface area contributed by atoms with Gasteiger partial charge < -0.3 is 19.9 Å². The number of amides is 1. The van der Waals surface area contributed by atoms with Crippen LogP contribution < -0.4 is 10.1 Å². The van der Waals surface area contributed by atoms with Crippen LogP contribution in [0.4, 0.5) is 4.39 Å². The fourth-order valence-electron chi connectivity index (χ4n) is 1.73. The molecule has 0 radical (unpaired) electrons. The summed E-state index contributed by atoms with van der Waals surface area (Å²) in [5.74, 6) is -2.40. The molecule has 6 nitrogen and oxygen atoms in total. The van der Waals surface area contributed by atoms with Gasteiger partial charge in [-0.15, -0.1) is 0 Å². The minimum Gasteiger partial charge on any atom is -0.494 e. The Morgan fingerprint density at radius 1 is 1.38 bits per heavy atom. The molecule has 0 aromatic heterocycles. The van der Waals surface area contributed by atoms with Gasteiger partial charge in [0.2, 0.25) is 0 Å². The van der Waals surface area contributed by atoms with Crippen LogP contribution in [-0.2, 0) is 9.53 Å². The summed E-state index contributed by atoms with van der Waals surface area (Å²) in [6.45, 7) is 0.407.